The third-order valence-electron chi connectivity index (χ3n) is 5.35. The molecule has 154 valence electrons. The third-order valence-corrected chi connectivity index (χ3v) is 5.35. The SMILES string of the molecule is Cc1cc(N2CCC[C@@H](Nc3cc(N4CCOCC4)ncn3)C2)ncc1[N+](=O)[O-]. The van der Waals surface area contributed by atoms with Gasteiger partial charge >= 0.3 is 0 Å². The van der Waals surface area contributed by atoms with Gasteiger partial charge in [-0.2, -0.15) is 0 Å². The maximum atomic E-state index is 11.0. The van der Waals surface area contributed by atoms with Crippen molar-refractivity contribution < 1.29 is 9.66 Å². The van der Waals surface area contributed by atoms with E-state index in [4.69, 9.17) is 4.74 Å². The third kappa shape index (κ3) is 4.53. The van der Waals surface area contributed by atoms with Crippen LogP contribution in [0.2, 0.25) is 0 Å². The largest absolute Gasteiger partial charge is 0.378 e. The molecule has 1 N–H and O–H groups in total. The van der Waals surface area contributed by atoms with Crippen molar-refractivity contribution in [2.75, 3.05) is 54.5 Å². The lowest BCUT2D eigenvalue weighted by Crippen LogP contribution is -2.42. The number of nitrogens with zero attached hydrogens (tertiary/aromatic N) is 6. The molecule has 1 atom stereocenters. The summed E-state index contributed by atoms with van der Waals surface area (Å²) >= 11 is 0. The molecule has 10 heteroatoms. The summed E-state index contributed by atoms with van der Waals surface area (Å²) in [5, 5.41) is 14.5. The second-order valence-electron chi connectivity index (χ2n) is 7.38. The molecule has 29 heavy (non-hydrogen) atoms. The van der Waals surface area contributed by atoms with E-state index in [-0.39, 0.29) is 11.7 Å². The first-order valence-electron chi connectivity index (χ1n) is 9.87. The van der Waals surface area contributed by atoms with Crippen molar-refractivity contribution in [2.24, 2.45) is 0 Å². The first-order chi connectivity index (χ1) is 14.1. The van der Waals surface area contributed by atoms with E-state index in [9.17, 15) is 10.1 Å². The monoisotopic (exact) mass is 399 g/mol. The fourth-order valence-corrected chi connectivity index (χ4v) is 3.80. The van der Waals surface area contributed by atoms with Crippen LogP contribution in [-0.2, 0) is 4.74 Å². The lowest BCUT2D eigenvalue weighted by Gasteiger charge is -2.34. The number of aromatic nitrogens is 3. The van der Waals surface area contributed by atoms with Crippen molar-refractivity contribution in [1.29, 1.82) is 0 Å². The summed E-state index contributed by atoms with van der Waals surface area (Å²) in [4.78, 5) is 28.1. The van der Waals surface area contributed by atoms with E-state index in [2.05, 4.69) is 30.1 Å². The molecule has 0 radical (unpaired) electrons. The number of pyridine rings is 1. The summed E-state index contributed by atoms with van der Waals surface area (Å²) in [7, 11) is 0. The minimum Gasteiger partial charge on any atom is -0.378 e. The number of piperidine rings is 1. The van der Waals surface area contributed by atoms with Crippen LogP contribution in [0.15, 0.2) is 24.7 Å². The van der Waals surface area contributed by atoms with Gasteiger partial charge in [0.05, 0.1) is 18.1 Å². The van der Waals surface area contributed by atoms with E-state index < -0.39 is 4.92 Å². The van der Waals surface area contributed by atoms with Gasteiger partial charge in [-0.25, -0.2) is 15.0 Å². The summed E-state index contributed by atoms with van der Waals surface area (Å²) in [5.74, 6) is 2.49. The average molecular weight is 399 g/mol. The fourth-order valence-electron chi connectivity index (χ4n) is 3.80. The molecule has 2 aliphatic heterocycles. The topological polar surface area (TPSA) is 110 Å². The number of nitro groups is 1. The van der Waals surface area contributed by atoms with Crippen LogP contribution in [0.25, 0.3) is 0 Å². The summed E-state index contributed by atoms with van der Waals surface area (Å²) in [6.45, 7) is 6.49. The van der Waals surface area contributed by atoms with Crippen LogP contribution in [0.5, 0.6) is 0 Å². The van der Waals surface area contributed by atoms with Crippen molar-refractivity contribution in [3.8, 4) is 0 Å². The van der Waals surface area contributed by atoms with E-state index in [1.807, 2.05) is 6.07 Å². The first-order valence-corrected chi connectivity index (χ1v) is 9.87. The number of rotatable bonds is 5. The van der Waals surface area contributed by atoms with Crippen molar-refractivity contribution in [3.05, 3.63) is 40.3 Å². The number of hydrogen-bond donors (Lipinski definition) is 1. The Morgan fingerprint density at radius 2 is 1.93 bits per heavy atom. The number of morpholine rings is 1. The zero-order valence-corrected chi connectivity index (χ0v) is 16.5. The summed E-state index contributed by atoms with van der Waals surface area (Å²) in [6.07, 6.45) is 4.98. The van der Waals surface area contributed by atoms with Crippen LogP contribution < -0.4 is 15.1 Å². The lowest BCUT2D eigenvalue weighted by atomic mass is 10.1. The highest BCUT2D eigenvalue weighted by Gasteiger charge is 2.23. The van der Waals surface area contributed by atoms with Gasteiger partial charge in [0.15, 0.2) is 0 Å². The Hall–Kier alpha value is -3.01. The molecule has 0 bridgehead atoms. The fraction of sp³-hybridized carbons (Fsp3) is 0.526. The van der Waals surface area contributed by atoms with Crippen LogP contribution >= 0.6 is 0 Å². The van der Waals surface area contributed by atoms with E-state index in [0.717, 1.165) is 56.5 Å². The van der Waals surface area contributed by atoms with Gasteiger partial charge in [0.1, 0.15) is 30.0 Å². The smallest absolute Gasteiger partial charge is 0.290 e. The molecule has 0 amide bonds. The number of nitrogens with one attached hydrogen (secondary N) is 1. The highest BCUT2D eigenvalue weighted by molar-refractivity contribution is 5.51. The van der Waals surface area contributed by atoms with Gasteiger partial charge in [-0.15, -0.1) is 0 Å². The summed E-state index contributed by atoms with van der Waals surface area (Å²) < 4.78 is 5.41. The molecule has 0 saturated carbocycles. The standard InChI is InChI=1S/C19H25N7O3/c1-14-9-18(20-11-16(14)26(27)28)25-4-2-3-15(12-25)23-17-10-19(22-13-21-17)24-5-7-29-8-6-24/h9-11,13,15H,2-8,12H2,1H3,(H,21,22,23)/t15-/m1/s1. The van der Waals surface area contributed by atoms with Gasteiger partial charge in [-0.1, -0.05) is 0 Å². The molecular weight excluding hydrogens is 374 g/mol. The predicted molar refractivity (Wildman–Crippen MR) is 110 cm³/mol. The normalized spacial score (nSPS) is 19.8. The lowest BCUT2D eigenvalue weighted by molar-refractivity contribution is -0.385. The van der Waals surface area contributed by atoms with E-state index in [1.165, 1.54) is 6.20 Å². The maximum Gasteiger partial charge on any atom is 0.290 e. The molecule has 0 aliphatic carbocycles. The van der Waals surface area contributed by atoms with Gasteiger partial charge in [0.2, 0.25) is 0 Å². The second-order valence-corrected chi connectivity index (χ2v) is 7.38. The number of hydrogen-bond acceptors (Lipinski definition) is 9. The van der Waals surface area contributed by atoms with Crippen molar-refractivity contribution in [2.45, 2.75) is 25.8 Å². The van der Waals surface area contributed by atoms with E-state index >= 15 is 0 Å². The number of anilines is 3. The quantitative estimate of drug-likeness (QED) is 0.596. The molecule has 0 aromatic carbocycles. The predicted octanol–water partition coefficient (Wildman–Crippen LogP) is 2.01. The highest BCUT2D eigenvalue weighted by Crippen LogP contribution is 2.25. The summed E-state index contributed by atoms with van der Waals surface area (Å²) in [5.41, 5.74) is 0.679. The Balaban J connectivity index is 1.42. The zero-order chi connectivity index (χ0) is 20.2. The van der Waals surface area contributed by atoms with Crippen molar-refractivity contribution in [3.63, 3.8) is 0 Å². The minimum atomic E-state index is -0.395. The van der Waals surface area contributed by atoms with Gasteiger partial charge in [-0.05, 0) is 25.8 Å². The number of aryl methyl sites for hydroxylation is 1. The van der Waals surface area contributed by atoms with Crippen LogP contribution in [0.3, 0.4) is 0 Å². The van der Waals surface area contributed by atoms with Gasteiger partial charge < -0.3 is 19.9 Å². The van der Waals surface area contributed by atoms with Gasteiger partial charge in [0, 0.05) is 43.9 Å². The Morgan fingerprint density at radius 3 is 2.69 bits per heavy atom. The average Bonchev–Trinajstić information content (AvgIpc) is 2.74. The molecule has 4 heterocycles. The van der Waals surface area contributed by atoms with Gasteiger partial charge in [0.25, 0.3) is 5.69 Å². The summed E-state index contributed by atoms with van der Waals surface area (Å²) in [6, 6.07) is 3.99. The van der Waals surface area contributed by atoms with Crippen LogP contribution in [0.4, 0.5) is 23.1 Å². The Bertz CT molecular complexity index is 873. The molecule has 2 aliphatic rings. The molecule has 2 saturated heterocycles. The maximum absolute atomic E-state index is 11.0. The molecule has 0 spiro atoms. The molecule has 4 rings (SSSR count). The highest BCUT2D eigenvalue weighted by atomic mass is 16.6. The van der Waals surface area contributed by atoms with Crippen LogP contribution in [0.1, 0.15) is 18.4 Å². The second kappa shape index (κ2) is 8.56. The number of ether oxygens (including phenoxy) is 1. The van der Waals surface area contributed by atoms with Crippen molar-refractivity contribution >= 4 is 23.1 Å². The van der Waals surface area contributed by atoms with Crippen LogP contribution in [-0.4, -0.2) is 65.3 Å². The molecule has 10 nitrogen and oxygen atoms in total. The Labute approximate surface area is 169 Å². The van der Waals surface area contributed by atoms with Gasteiger partial charge in [-0.3, -0.25) is 10.1 Å². The minimum absolute atomic E-state index is 0.0528. The molecule has 2 aromatic rings. The molecule has 0 unspecified atom stereocenters. The van der Waals surface area contributed by atoms with E-state index in [0.29, 0.717) is 18.8 Å². The zero-order valence-electron chi connectivity index (χ0n) is 16.5. The Morgan fingerprint density at radius 1 is 1.14 bits per heavy atom. The Kier molecular flexibility index (Phi) is 5.70. The van der Waals surface area contributed by atoms with Crippen molar-refractivity contribution in [1.82, 2.24) is 15.0 Å². The van der Waals surface area contributed by atoms with E-state index in [1.54, 1.807) is 19.3 Å². The first kappa shape index (κ1) is 19.3. The molecule has 2 fully saturated rings. The van der Waals surface area contributed by atoms with Crippen LogP contribution in [0, 0.1) is 17.0 Å². The molecular formula is C19H25N7O3. The molecule has 2 aromatic heterocycles.